The maximum absolute atomic E-state index is 12.8. The number of hydrogen-bond donors (Lipinski definition) is 1. The third-order valence-electron chi connectivity index (χ3n) is 5.21. The number of amides is 2. The number of carbonyl (C=O) groups excluding carboxylic acids is 2. The van der Waals surface area contributed by atoms with Crippen LogP contribution < -0.4 is 5.32 Å². The van der Waals surface area contributed by atoms with Gasteiger partial charge in [-0.15, -0.1) is 11.8 Å². The fourth-order valence-corrected chi connectivity index (χ4v) is 5.22. The van der Waals surface area contributed by atoms with E-state index in [1.54, 1.807) is 11.8 Å². The monoisotopic (exact) mass is 310 g/mol. The predicted octanol–water partition coefficient (Wildman–Crippen LogP) is 2.10. The maximum Gasteiger partial charge on any atom is 0.243 e. The molecule has 118 valence electrons. The van der Waals surface area contributed by atoms with Crippen LogP contribution in [-0.2, 0) is 9.59 Å². The molecule has 2 amide bonds. The summed E-state index contributed by atoms with van der Waals surface area (Å²) < 4.78 is 0. The molecule has 1 saturated heterocycles. The van der Waals surface area contributed by atoms with Crippen molar-refractivity contribution in [3.63, 3.8) is 0 Å². The summed E-state index contributed by atoms with van der Waals surface area (Å²) in [7, 11) is 0. The molecule has 3 rings (SSSR count). The minimum Gasteiger partial charge on any atom is -0.354 e. The van der Waals surface area contributed by atoms with Gasteiger partial charge in [-0.2, -0.15) is 0 Å². The van der Waals surface area contributed by atoms with Crippen LogP contribution in [0.1, 0.15) is 39.5 Å². The molecule has 0 unspecified atom stereocenters. The molecule has 0 aromatic rings. The molecule has 4 nitrogen and oxygen atoms in total. The van der Waals surface area contributed by atoms with Crippen molar-refractivity contribution in [1.82, 2.24) is 10.2 Å². The first-order chi connectivity index (χ1) is 10.1. The van der Waals surface area contributed by atoms with Crippen LogP contribution in [0.5, 0.6) is 0 Å². The molecule has 0 spiro atoms. The summed E-state index contributed by atoms with van der Waals surface area (Å²) in [6.07, 6.45) is 4.82. The third-order valence-corrected chi connectivity index (χ3v) is 6.22. The lowest BCUT2D eigenvalue weighted by Crippen LogP contribution is -2.50. The Morgan fingerprint density at radius 2 is 2.10 bits per heavy atom. The van der Waals surface area contributed by atoms with Crippen molar-refractivity contribution in [1.29, 1.82) is 0 Å². The molecule has 2 bridgehead atoms. The van der Waals surface area contributed by atoms with E-state index in [0.717, 1.165) is 18.1 Å². The predicted molar refractivity (Wildman–Crippen MR) is 84.7 cm³/mol. The highest BCUT2D eigenvalue weighted by Crippen LogP contribution is 2.49. The van der Waals surface area contributed by atoms with Crippen LogP contribution in [0.25, 0.3) is 0 Å². The third kappa shape index (κ3) is 3.08. The van der Waals surface area contributed by atoms with Crippen LogP contribution in [-0.4, -0.2) is 40.9 Å². The standard InChI is InChI=1S/C16H26N2O2S/c1-10(2)7-17-15(19)14-8-21-9-18(14)16(20)13-6-11-3-4-12(13)5-11/h10-14H,3-9H2,1-2H3,(H,17,19)/t11-,12-,13-,14-/m0/s1. The molecule has 0 aromatic carbocycles. The van der Waals surface area contributed by atoms with E-state index in [4.69, 9.17) is 0 Å². The summed E-state index contributed by atoms with van der Waals surface area (Å²) >= 11 is 1.70. The number of nitrogens with zero attached hydrogens (tertiary/aromatic N) is 1. The average Bonchev–Trinajstić information content (AvgIpc) is 3.18. The second-order valence-corrected chi connectivity index (χ2v) is 8.24. The Morgan fingerprint density at radius 1 is 1.29 bits per heavy atom. The van der Waals surface area contributed by atoms with Crippen molar-refractivity contribution in [3.8, 4) is 0 Å². The summed E-state index contributed by atoms with van der Waals surface area (Å²) in [4.78, 5) is 27.0. The van der Waals surface area contributed by atoms with Gasteiger partial charge in [0, 0.05) is 18.2 Å². The van der Waals surface area contributed by atoms with Crippen LogP contribution >= 0.6 is 11.8 Å². The van der Waals surface area contributed by atoms with E-state index in [-0.39, 0.29) is 23.8 Å². The van der Waals surface area contributed by atoms with Gasteiger partial charge in [-0.05, 0) is 37.0 Å². The summed E-state index contributed by atoms with van der Waals surface area (Å²) in [6, 6.07) is -0.250. The van der Waals surface area contributed by atoms with Crippen molar-refractivity contribution in [2.75, 3.05) is 18.2 Å². The van der Waals surface area contributed by atoms with Gasteiger partial charge in [-0.1, -0.05) is 20.3 Å². The molecular weight excluding hydrogens is 284 g/mol. The first-order valence-corrected chi connectivity index (χ1v) is 9.37. The fraction of sp³-hybridized carbons (Fsp3) is 0.875. The minimum absolute atomic E-state index is 0.0326. The topological polar surface area (TPSA) is 49.4 Å². The average molecular weight is 310 g/mol. The highest BCUT2D eigenvalue weighted by atomic mass is 32.2. The van der Waals surface area contributed by atoms with Crippen LogP contribution in [0.15, 0.2) is 0 Å². The van der Waals surface area contributed by atoms with Crippen LogP contribution in [0.2, 0.25) is 0 Å². The van der Waals surface area contributed by atoms with Gasteiger partial charge in [0.2, 0.25) is 11.8 Å². The van der Waals surface area contributed by atoms with Crippen molar-refractivity contribution in [2.24, 2.45) is 23.7 Å². The number of rotatable bonds is 4. The Balaban J connectivity index is 1.61. The van der Waals surface area contributed by atoms with E-state index in [9.17, 15) is 9.59 Å². The molecule has 2 saturated carbocycles. The van der Waals surface area contributed by atoms with Gasteiger partial charge < -0.3 is 10.2 Å². The SMILES string of the molecule is CC(C)CNC(=O)[C@@H]1CSCN1C(=O)[C@H]1C[C@H]2CC[C@H]1C2. The van der Waals surface area contributed by atoms with Gasteiger partial charge in [0.25, 0.3) is 0 Å². The molecule has 1 heterocycles. The number of nitrogens with one attached hydrogen (secondary N) is 1. The molecule has 3 aliphatic rings. The molecule has 0 aromatic heterocycles. The zero-order valence-electron chi connectivity index (χ0n) is 13.0. The molecule has 4 atom stereocenters. The molecular formula is C16H26N2O2S. The maximum atomic E-state index is 12.8. The van der Waals surface area contributed by atoms with Crippen molar-refractivity contribution in [2.45, 2.75) is 45.6 Å². The molecule has 1 N–H and O–H groups in total. The smallest absolute Gasteiger partial charge is 0.243 e. The number of fused-ring (bicyclic) bond motifs is 2. The van der Waals surface area contributed by atoms with Gasteiger partial charge in [-0.3, -0.25) is 9.59 Å². The highest BCUT2D eigenvalue weighted by Gasteiger charge is 2.47. The summed E-state index contributed by atoms with van der Waals surface area (Å²) in [6.45, 7) is 4.86. The zero-order valence-corrected chi connectivity index (χ0v) is 13.8. The van der Waals surface area contributed by atoms with Crippen molar-refractivity contribution >= 4 is 23.6 Å². The molecule has 1 aliphatic heterocycles. The Bertz CT molecular complexity index is 427. The number of thioether (sulfide) groups is 1. The van der Waals surface area contributed by atoms with Crippen LogP contribution in [0, 0.1) is 23.7 Å². The zero-order chi connectivity index (χ0) is 15.0. The lowest BCUT2D eigenvalue weighted by molar-refractivity contribution is -0.142. The van der Waals surface area contributed by atoms with Crippen LogP contribution in [0.4, 0.5) is 0 Å². The highest BCUT2D eigenvalue weighted by molar-refractivity contribution is 7.99. The second-order valence-electron chi connectivity index (χ2n) is 7.24. The van der Waals surface area contributed by atoms with Gasteiger partial charge in [0.05, 0.1) is 5.88 Å². The molecule has 0 radical (unpaired) electrons. The minimum atomic E-state index is -0.250. The van der Waals surface area contributed by atoms with Gasteiger partial charge in [0.1, 0.15) is 6.04 Å². The Hall–Kier alpha value is -0.710. The normalized spacial score (nSPS) is 34.7. The second kappa shape index (κ2) is 6.19. The summed E-state index contributed by atoms with van der Waals surface area (Å²) in [5.74, 6) is 3.71. The Labute approximate surface area is 131 Å². The Morgan fingerprint density at radius 3 is 2.71 bits per heavy atom. The largest absolute Gasteiger partial charge is 0.354 e. The van der Waals surface area contributed by atoms with E-state index < -0.39 is 0 Å². The molecule has 2 aliphatic carbocycles. The van der Waals surface area contributed by atoms with E-state index in [0.29, 0.717) is 24.3 Å². The Kier molecular flexibility index (Phi) is 4.48. The van der Waals surface area contributed by atoms with Crippen molar-refractivity contribution < 1.29 is 9.59 Å². The van der Waals surface area contributed by atoms with Crippen LogP contribution in [0.3, 0.4) is 0 Å². The number of hydrogen-bond acceptors (Lipinski definition) is 3. The first-order valence-electron chi connectivity index (χ1n) is 8.22. The van der Waals surface area contributed by atoms with Gasteiger partial charge in [0.15, 0.2) is 0 Å². The van der Waals surface area contributed by atoms with E-state index in [1.807, 2.05) is 4.90 Å². The van der Waals surface area contributed by atoms with Crippen molar-refractivity contribution in [3.05, 3.63) is 0 Å². The summed E-state index contributed by atoms with van der Waals surface area (Å²) in [5, 5.41) is 2.99. The lowest BCUT2D eigenvalue weighted by atomic mass is 9.87. The van der Waals surface area contributed by atoms with Gasteiger partial charge >= 0.3 is 0 Å². The molecule has 21 heavy (non-hydrogen) atoms. The first kappa shape index (κ1) is 15.2. The lowest BCUT2D eigenvalue weighted by Gasteiger charge is -2.29. The van der Waals surface area contributed by atoms with E-state index in [1.165, 1.54) is 19.3 Å². The molecule has 3 fully saturated rings. The summed E-state index contributed by atoms with van der Waals surface area (Å²) in [5.41, 5.74) is 0. The van der Waals surface area contributed by atoms with E-state index >= 15 is 0 Å². The number of carbonyl (C=O) groups is 2. The van der Waals surface area contributed by atoms with E-state index in [2.05, 4.69) is 19.2 Å². The molecule has 5 heteroatoms. The fourth-order valence-electron chi connectivity index (χ4n) is 4.06. The quantitative estimate of drug-likeness (QED) is 0.865. The van der Waals surface area contributed by atoms with Gasteiger partial charge in [-0.25, -0.2) is 0 Å².